The number of fused-ring (bicyclic) bond motifs is 1. The number of nitrogens with zero attached hydrogens (tertiary/aromatic N) is 1. The van der Waals surface area contributed by atoms with Gasteiger partial charge >= 0.3 is 0 Å². The Morgan fingerprint density at radius 3 is 3.11 bits per heavy atom. The van der Waals surface area contributed by atoms with Crippen molar-refractivity contribution in [3.8, 4) is 0 Å². The predicted octanol–water partition coefficient (Wildman–Crippen LogP) is 4.03. The Morgan fingerprint density at radius 2 is 2.37 bits per heavy atom. The molecule has 1 aliphatic heterocycles. The number of rotatable bonds is 2. The van der Waals surface area contributed by atoms with E-state index in [-0.39, 0.29) is 5.82 Å². The van der Waals surface area contributed by atoms with E-state index in [1.165, 1.54) is 6.07 Å². The lowest BCUT2D eigenvalue weighted by Crippen LogP contribution is -2.22. The molecule has 0 aliphatic carbocycles. The lowest BCUT2D eigenvalue weighted by molar-refractivity contribution is 0.0486. The van der Waals surface area contributed by atoms with Gasteiger partial charge in [0.2, 0.25) is 0 Å². The van der Waals surface area contributed by atoms with Gasteiger partial charge in [-0.2, -0.15) is 0 Å². The summed E-state index contributed by atoms with van der Waals surface area (Å²) in [5.74, 6) is 0.195. The first kappa shape index (κ1) is 13.3. The average Bonchev–Trinajstić information content (AvgIpc) is 2.68. The van der Waals surface area contributed by atoms with Gasteiger partial charge in [0.05, 0.1) is 22.1 Å². The maximum Gasteiger partial charge on any atom is 0.178 e. The molecule has 102 valence electrons. The van der Waals surface area contributed by atoms with Crippen LogP contribution in [0.25, 0.3) is 11.0 Å². The third kappa shape index (κ3) is 2.61. The Bertz CT molecular complexity index is 660. The number of aromatic nitrogens is 2. The number of imidazole rings is 1. The van der Waals surface area contributed by atoms with Crippen LogP contribution in [0.1, 0.15) is 12.8 Å². The van der Waals surface area contributed by atoms with Crippen molar-refractivity contribution in [2.75, 3.05) is 13.2 Å². The summed E-state index contributed by atoms with van der Waals surface area (Å²) in [6.45, 7) is 2.44. The van der Waals surface area contributed by atoms with Gasteiger partial charge < -0.3 is 14.3 Å². The van der Waals surface area contributed by atoms with E-state index >= 15 is 0 Å². The molecule has 0 saturated carbocycles. The van der Waals surface area contributed by atoms with Crippen LogP contribution in [0, 0.1) is 16.5 Å². The zero-order valence-corrected chi connectivity index (χ0v) is 12.7. The number of aromatic amines is 1. The summed E-state index contributed by atoms with van der Waals surface area (Å²) in [5.41, 5.74) is 1.67. The van der Waals surface area contributed by atoms with Crippen LogP contribution in [-0.4, -0.2) is 22.8 Å². The van der Waals surface area contributed by atoms with Crippen LogP contribution in [0.5, 0.6) is 0 Å². The molecular formula is C13H14BrFN2OS. The average molecular weight is 345 g/mol. The molecule has 1 fully saturated rings. The lowest BCUT2D eigenvalue weighted by Gasteiger charge is -2.22. The Kier molecular flexibility index (Phi) is 3.73. The first-order chi connectivity index (χ1) is 9.15. The smallest absolute Gasteiger partial charge is 0.178 e. The van der Waals surface area contributed by atoms with Crippen LogP contribution in [0.3, 0.4) is 0 Å². The van der Waals surface area contributed by atoms with Gasteiger partial charge in [-0.05, 0) is 47.1 Å². The first-order valence-corrected chi connectivity index (χ1v) is 7.50. The van der Waals surface area contributed by atoms with Crippen molar-refractivity contribution in [1.29, 1.82) is 0 Å². The Balaban J connectivity index is 2.00. The zero-order chi connectivity index (χ0) is 13.4. The molecule has 0 amide bonds. The van der Waals surface area contributed by atoms with Gasteiger partial charge in [-0.1, -0.05) is 0 Å². The molecule has 2 heterocycles. The quantitative estimate of drug-likeness (QED) is 0.833. The maximum absolute atomic E-state index is 13.5. The minimum Gasteiger partial charge on any atom is -0.381 e. The topological polar surface area (TPSA) is 29.9 Å². The Hall–Kier alpha value is -0.720. The van der Waals surface area contributed by atoms with Crippen molar-refractivity contribution in [3.63, 3.8) is 0 Å². The van der Waals surface area contributed by atoms with Crippen molar-refractivity contribution in [1.82, 2.24) is 9.55 Å². The molecular weight excluding hydrogens is 331 g/mol. The van der Waals surface area contributed by atoms with E-state index in [9.17, 15) is 4.39 Å². The number of halogens is 2. The second-order valence-corrected chi connectivity index (χ2v) is 6.15. The summed E-state index contributed by atoms with van der Waals surface area (Å²) < 4.78 is 22.2. The number of nitrogens with one attached hydrogen (secondary N) is 1. The van der Waals surface area contributed by atoms with Crippen LogP contribution in [-0.2, 0) is 11.3 Å². The number of ether oxygens (including phenoxy) is 1. The standard InChI is InChI=1S/C13H14BrFN2OS/c14-9-4-12-11(5-10(9)15)16-13(19)17(12)6-8-2-1-3-18-7-8/h4-5,8H,1-3,6-7H2,(H,16,19). The minimum absolute atomic E-state index is 0.281. The number of hydrogen-bond donors (Lipinski definition) is 1. The van der Waals surface area contributed by atoms with E-state index in [0.717, 1.165) is 43.6 Å². The van der Waals surface area contributed by atoms with E-state index in [1.54, 1.807) is 6.07 Å². The molecule has 19 heavy (non-hydrogen) atoms. The van der Waals surface area contributed by atoms with E-state index in [0.29, 0.717) is 15.2 Å². The molecule has 1 aromatic carbocycles. The minimum atomic E-state index is -0.281. The summed E-state index contributed by atoms with van der Waals surface area (Å²) in [6, 6.07) is 3.25. The van der Waals surface area contributed by atoms with Crippen molar-refractivity contribution in [2.24, 2.45) is 5.92 Å². The Morgan fingerprint density at radius 1 is 1.53 bits per heavy atom. The number of H-pyrrole nitrogens is 1. The van der Waals surface area contributed by atoms with Crippen LogP contribution in [0.4, 0.5) is 4.39 Å². The van der Waals surface area contributed by atoms with E-state index in [4.69, 9.17) is 17.0 Å². The first-order valence-electron chi connectivity index (χ1n) is 6.30. The van der Waals surface area contributed by atoms with Crippen LogP contribution < -0.4 is 0 Å². The molecule has 1 N–H and O–H groups in total. The van der Waals surface area contributed by atoms with Crippen molar-refractivity contribution in [3.05, 3.63) is 27.2 Å². The molecule has 1 saturated heterocycles. The number of benzene rings is 1. The fourth-order valence-electron chi connectivity index (χ4n) is 2.54. The third-order valence-electron chi connectivity index (χ3n) is 3.51. The molecule has 1 aliphatic rings. The highest BCUT2D eigenvalue weighted by atomic mass is 79.9. The summed E-state index contributed by atoms with van der Waals surface area (Å²) in [4.78, 5) is 3.06. The highest BCUT2D eigenvalue weighted by Gasteiger charge is 2.17. The molecule has 2 aromatic rings. The molecule has 3 rings (SSSR count). The lowest BCUT2D eigenvalue weighted by atomic mass is 10.0. The second-order valence-electron chi connectivity index (χ2n) is 4.91. The van der Waals surface area contributed by atoms with Crippen LogP contribution >= 0.6 is 28.1 Å². The van der Waals surface area contributed by atoms with Crippen molar-refractivity contribution in [2.45, 2.75) is 19.4 Å². The summed E-state index contributed by atoms with van der Waals surface area (Å²) in [6.07, 6.45) is 2.25. The fraction of sp³-hybridized carbons (Fsp3) is 0.462. The molecule has 6 heteroatoms. The molecule has 1 unspecified atom stereocenters. The molecule has 1 aromatic heterocycles. The maximum atomic E-state index is 13.5. The van der Waals surface area contributed by atoms with E-state index in [1.807, 2.05) is 4.57 Å². The van der Waals surface area contributed by atoms with Gasteiger partial charge in [0.1, 0.15) is 5.82 Å². The van der Waals surface area contributed by atoms with Gasteiger partial charge in [-0.15, -0.1) is 0 Å². The molecule has 3 nitrogen and oxygen atoms in total. The van der Waals surface area contributed by atoms with Crippen molar-refractivity contribution >= 4 is 39.2 Å². The SMILES string of the molecule is Fc1cc2[nH]c(=S)n(CC3CCCOC3)c2cc1Br. The molecule has 0 spiro atoms. The summed E-state index contributed by atoms with van der Waals surface area (Å²) >= 11 is 8.56. The number of hydrogen-bond acceptors (Lipinski definition) is 2. The van der Waals surface area contributed by atoms with Gasteiger partial charge in [0.25, 0.3) is 0 Å². The molecule has 0 radical (unpaired) electrons. The normalized spacial score (nSPS) is 20.0. The second kappa shape index (κ2) is 5.34. The van der Waals surface area contributed by atoms with Crippen LogP contribution in [0.15, 0.2) is 16.6 Å². The van der Waals surface area contributed by atoms with E-state index < -0.39 is 0 Å². The monoisotopic (exact) mass is 344 g/mol. The summed E-state index contributed by atoms with van der Waals surface area (Å²) in [5, 5.41) is 0. The van der Waals surface area contributed by atoms with Gasteiger partial charge in [-0.25, -0.2) is 4.39 Å². The van der Waals surface area contributed by atoms with Gasteiger partial charge in [-0.3, -0.25) is 0 Å². The van der Waals surface area contributed by atoms with Gasteiger partial charge in [0.15, 0.2) is 4.77 Å². The largest absolute Gasteiger partial charge is 0.381 e. The fourth-order valence-corrected chi connectivity index (χ4v) is 3.16. The molecule has 0 bridgehead atoms. The van der Waals surface area contributed by atoms with Crippen molar-refractivity contribution < 1.29 is 9.13 Å². The zero-order valence-electron chi connectivity index (χ0n) is 10.3. The highest BCUT2D eigenvalue weighted by Crippen LogP contribution is 2.25. The molecule has 1 atom stereocenters. The Labute approximate surface area is 123 Å². The summed E-state index contributed by atoms with van der Waals surface area (Å²) in [7, 11) is 0. The highest BCUT2D eigenvalue weighted by molar-refractivity contribution is 9.10. The third-order valence-corrected chi connectivity index (χ3v) is 4.44. The van der Waals surface area contributed by atoms with Gasteiger partial charge in [0, 0.05) is 25.1 Å². The van der Waals surface area contributed by atoms with E-state index in [2.05, 4.69) is 20.9 Å². The van der Waals surface area contributed by atoms with Crippen LogP contribution in [0.2, 0.25) is 0 Å². The predicted molar refractivity (Wildman–Crippen MR) is 78.3 cm³/mol.